The molecular weight excluding hydrogens is 320 g/mol. The standard InChI is InChI=1S/C23H24N2O/c1-17-6-4-5-7-20(17)22(13-15-26)21-12-14-24-16-23(21)18-8-10-19(11-9-18)25(2)3/h4-12,14-16,22H,13H2,1-3H3. The van der Waals surface area contributed by atoms with Gasteiger partial charge in [0, 0.05) is 50.1 Å². The Bertz CT molecular complexity index is 885. The summed E-state index contributed by atoms with van der Waals surface area (Å²) in [6, 6.07) is 18.8. The van der Waals surface area contributed by atoms with Crippen LogP contribution in [-0.2, 0) is 4.79 Å². The van der Waals surface area contributed by atoms with Crippen molar-refractivity contribution >= 4 is 12.0 Å². The molecule has 3 aromatic rings. The van der Waals surface area contributed by atoms with Crippen LogP contribution in [0, 0.1) is 6.92 Å². The van der Waals surface area contributed by atoms with Crippen LogP contribution in [0.1, 0.15) is 29.0 Å². The number of aryl methyl sites for hydroxylation is 1. The molecule has 2 aromatic carbocycles. The Morgan fingerprint density at radius 3 is 2.38 bits per heavy atom. The van der Waals surface area contributed by atoms with Gasteiger partial charge in [-0.3, -0.25) is 4.98 Å². The number of aromatic nitrogens is 1. The zero-order valence-electron chi connectivity index (χ0n) is 15.5. The van der Waals surface area contributed by atoms with Crippen molar-refractivity contribution in [2.24, 2.45) is 0 Å². The highest BCUT2D eigenvalue weighted by Gasteiger charge is 2.19. The predicted molar refractivity (Wildman–Crippen MR) is 108 cm³/mol. The molecule has 1 aromatic heterocycles. The van der Waals surface area contributed by atoms with E-state index in [1.807, 2.05) is 44.7 Å². The van der Waals surface area contributed by atoms with Crippen LogP contribution in [0.5, 0.6) is 0 Å². The first-order valence-electron chi connectivity index (χ1n) is 8.82. The molecule has 0 fully saturated rings. The number of aldehydes is 1. The van der Waals surface area contributed by atoms with Gasteiger partial charge in [-0.1, -0.05) is 36.4 Å². The zero-order valence-corrected chi connectivity index (χ0v) is 15.5. The summed E-state index contributed by atoms with van der Waals surface area (Å²) in [5.41, 5.74) is 6.87. The fourth-order valence-corrected chi connectivity index (χ4v) is 3.38. The molecule has 0 saturated carbocycles. The maximum atomic E-state index is 11.4. The fourth-order valence-electron chi connectivity index (χ4n) is 3.38. The van der Waals surface area contributed by atoms with Crippen molar-refractivity contribution < 1.29 is 4.79 Å². The van der Waals surface area contributed by atoms with Gasteiger partial charge in [0.1, 0.15) is 6.29 Å². The first kappa shape index (κ1) is 17.9. The monoisotopic (exact) mass is 344 g/mol. The normalized spacial score (nSPS) is 11.8. The minimum atomic E-state index is 0.0280. The van der Waals surface area contributed by atoms with E-state index in [-0.39, 0.29) is 5.92 Å². The topological polar surface area (TPSA) is 33.2 Å². The second-order valence-electron chi connectivity index (χ2n) is 6.72. The molecule has 1 atom stereocenters. The lowest BCUT2D eigenvalue weighted by Crippen LogP contribution is -2.08. The van der Waals surface area contributed by atoms with Gasteiger partial charge in [-0.05, 0) is 47.4 Å². The first-order chi connectivity index (χ1) is 12.6. The van der Waals surface area contributed by atoms with E-state index in [0.717, 1.165) is 28.7 Å². The third kappa shape index (κ3) is 3.67. The van der Waals surface area contributed by atoms with Crippen LogP contribution < -0.4 is 4.90 Å². The van der Waals surface area contributed by atoms with Crippen LogP contribution >= 0.6 is 0 Å². The van der Waals surface area contributed by atoms with Gasteiger partial charge >= 0.3 is 0 Å². The summed E-state index contributed by atoms with van der Waals surface area (Å²) in [5, 5.41) is 0. The van der Waals surface area contributed by atoms with Crippen molar-refractivity contribution in [2.45, 2.75) is 19.3 Å². The molecule has 1 heterocycles. The average molecular weight is 344 g/mol. The van der Waals surface area contributed by atoms with Gasteiger partial charge in [0.2, 0.25) is 0 Å². The van der Waals surface area contributed by atoms with Crippen LogP contribution in [-0.4, -0.2) is 25.4 Å². The molecule has 0 bridgehead atoms. The molecule has 3 rings (SSSR count). The summed E-state index contributed by atoms with van der Waals surface area (Å²) >= 11 is 0. The minimum absolute atomic E-state index is 0.0280. The van der Waals surface area contributed by atoms with E-state index in [2.05, 4.69) is 53.2 Å². The van der Waals surface area contributed by atoms with Crippen molar-refractivity contribution in [2.75, 3.05) is 19.0 Å². The van der Waals surface area contributed by atoms with Gasteiger partial charge in [0.15, 0.2) is 0 Å². The largest absolute Gasteiger partial charge is 0.378 e. The summed E-state index contributed by atoms with van der Waals surface area (Å²) < 4.78 is 0. The summed E-state index contributed by atoms with van der Waals surface area (Å²) in [6.45, 7) is 2.10. The van der Waals surface area contributed by atoms with Gasteiger partial charge in [0.25, 0.3) is 0 Å². The van der Waals surface area contributed by atoms with Crippen LogP contribution in [0.4, 0.5) is 5.69 Å². The molecule has 0 aliphatic heterocycles. The number of carbonyl (C=O) groups is 1. The van der Waals surface area contributed by atoms with Crippen molar-refractivity contribution in [3.63, 3.8) is 0 Å². The lowest BCUT2D eigenvalue weighted by molar-refractivity contribution is -0.108. The molecule has 1 unspecified atom stereocenters. The molecule has 3 heteroatoms. The molecule has 0 radical (unpaired) electrons. The Kier molecular flexibility index (Phi) is 5.47. The van der Waals surface area contributed by atoms with E-state index >= 15 is 0 Å². The highest BCUT2D eigenvalue weighted by atomic mass is 16.1. The Hall–Kier alpha value is -2.94. The Morgan fingerprint density at radius 2 is 1.73 bits per heavy atom. The number of anilines is 1. The Balaban J connectivity index is 2.10. The zero-order chi connectivity index (χ0) is 18.5. The van der Waals surface area contributed by atoms with Gasteiger partial charge in [-0.2, -0.15) is 0 Å². The SMILES string of the molecule is Cc1ccccc1C(CC=O)c1ccncc1-c1ccc(N(C)C)cc1. The second kappa shape index (κ2) is 7.96. The summed E-state index contributed by atoms with van der Waals surface area (Å²) in [5.74, 6) is 0.0280. The number of benzene rings is 2. The molecule has 0 spiro atoms. The van der Waals surface area contributed by atoms with E-state index in [0.29, 0.717) is 6.42 Å². The molecule has 0 amide bonds. The smallest absolute Gasteiger partial charge is 0.120 e. The molecule has 0 N–H and O–H groups in total. The summed E-state index contributed by atoms with van der Waals surface area (Å²) in [4.78, 5) is 17.8. The Morgan fingerprint density at radius 1 is 1.00 bits per heavy atom. The lowest BCUT2D eigenvalue weighted by atomic mass is 9.83. The number of carbonyl (C=O) groups excluding carboxylic acids is 1. The molecule has 0 saturated heterocycles. The lowest BCUT2D eigenvalue weighted by Gasteiger charge is -2.21. The molecule has 0 aliphatic rings. The van der Waals surface area contributed by atoms with E-state index in [4.69, 9.17) is 0 Å². The third-order valence-electron chi connectivity index (χ3n) is 4.82. The van der Waals surface area contributed by atoms with Crippen molar-refractivity contribution in [3.8, 4) is 11.1 Å². The predicted octanol–water partition coefficient (Wildman–Crippen LogP) is 4.84. The minimum Gasteiger partial charge on any atom is -0.378 e. The van der Waals surface area contributed by atoms with Crippen molar-refractivity contribution in [1.82, 2.24) is 4.98 Å². The first-order valence-corrected chi connectivity index (χ1v) is 8.82. The van der Waals surface area contributed by atoms with Crippen LogP contribution in [0.2, 0.25) is 0 Å². The quantitative estimate of drug-likeness (QED) is 0.600. The highest BCUT2D eigenvalue weighted by Crippen LogP contribution is 2.36. The molecule has 0 aliphatic carbocycles. The third-order valence-corrected chi connectivity index (χ3v) is 4.82. The Labute approximate surface area is 155 Å². The average Bonchev–Trinajstić information content (AvgIpc) is 2.67. The second-order valence-corrected chi connectivity index (χ2v) is 6.72. The fraction of sp³-hybridized carbons (Fsp3) is 0.217. The molecular formula is C23H24N2O. The van der Waals surface area contributed by atoms with Gasteiger partial charge in [-0.15, -0.1) is 0 Å². The summed E-state index contributed by atoms with van der Waals surface area (Å²) in [7, 11) is 4.06. The summed E-state index contributed by atoms with van der Waals surface area (Å²) in [6.07, 6.45) is 5.17. The maximum absolute atomic E-state index is 11.4. The van der Waals surface area contributed by atoms with Crippen LogP contribution in [0.15, 0.2) is 67.0 Å². The van der Waals surface area contributed by atoms with Crippen molar-refractivity contribution in [3.05, 3.63) is 83.7 Å². The highest BCUT2D eigenvalue weighted by molar-refractivity contribution is 5.71. The van der Waals surface area contributed by atoms with E-state index in [1.165, 1.54) is 11.1 Å². The van der Waals surface area contributed by atoms with Gasteiger partial charge in [-0.25, -0.2) is 0 Å². The number of nitrogens with zero attached hydrogens (tertiary/aromatic N) is 2. The van der Waals surface area contributed by atoms with Crippen LogP contribution in [0.25, 0.3) is 11.1 Å². The molecule has 26 heavy (non-hydrogen) atoms. The van der Waals surface area contributed by atoms with Crippen molar-refractivity contribution in [1.29, 1.82) is 0 Å². The van der Waals surface area contributed by atoms with Crippen LogP contribution in [0.3, 0.4) is 0 Å². The van der Waals surface area contributed by atoms with E-state index in [1.54, 1.807) is 0 Å². The number of hydrogen-bond donors (Lipinski definition) is 0. The maximum Gasteiger partial charge on any atom is 0.120 e. The number of rotatable bonds is 6. The van der Waals surface area contributed by atoms with Gasteiger partial charge < -0.3 is 9.69 Å². The number of hydrogen-bond acceptors (Lipinski definition) is 3. The molecule has 3 nitrogen and oxygen atoms in total. The van der Waals surface area contributed by atoms with Gasteiger partial charge in [0.05, 0.1) is 0 Å². The van der Waals surface area contributed by atoms with E-state index in [9.17, 15) is 4.79 Å². The van der Waals surface area contributed by atoms with E-state index < -0.39 is 0 Å². The number of pyridine rings is 1. The molecule has 132 valence electrons.